The van der Waals surface area contributed by atoms with Crippen LogP contribution in [-0.4, -0.2) is 34.8 Å². The molecule has 2 aliphatic carbocycles. The third kappa shape index (κ3) is 8.78. The summed E-state index contributed by atoms with van der Waals surface area (Å²) in [6.07, 6.45) is 11.6. The van der Waals surface area contributed by atoms with Gasteiger partial charge in [0.15, 0.2) is 0 Å². The minimum atomic E-state index is -3.74. The van der Waals surface area contributed by atoms with Crippen molar-refractivity contribution in [2.45, 2.75) is 116 Å². The van der Waals surface area contributed by atoms with Crippen molar-refractivity contribution >= 4 is 19.7 Å². The van der Waals surface area contributed by atoms with Crippen LogP contribution in [0.4, 0.5) is 0 Å². The molecule has 0 radical (unpaired) electrons. The normalized spacial score (nSPS) is 16.5. The molecule has 0 aromatic heterocycles. The van der Waals surface area contributed by atoms with Gasteiger partial charge in [0.05, 0.1) is 31.8 Å². The van der Waals surface area contributed by atoms with E-state index in [0.717, 1.165) is 51.4 Å². The van der Waals surface area contributed by atoms with E-state index in [1.54, 1.807) is 86.6 Å². The maximum absolute atomic E-state index is 13.3. The van der Waals surface area contributed by atoms with E-state index < -0.39 is 25.5 Å². The molecule has 0 saturated heterocycles. The summed E-state index contributed by atoms with van der Waals surface area (Å²) in [5.74, 6) is 1.03. The molecule has 0 aliphatic heterocycles. The van der Waals surface area contributed by atoms with Gasteiger partial charge in [0.1, 0.15) is 23.0 Å². The highest BCUT2D eigenvalue weighted by molar-refractivity contribution is 7.91. The van der Waals surface area contributed by atoms with E-state index in [9.17, 15) is 16.8 Å². The molecule has 2 aliphatic rings. The van der Waals surface area contributed by atoms with E-state index >= 15 is 0 Å². The van der Waals surface area contributed by atoms with Gasteiger partial charge in [-0.05, 0) is 148 Å². The SMILES string of the molecule is CC(C)(Oc1ccc(S(=O)(=O)c2ccc(OC3CCCCC3)cc2)cc1)Oc1ccc(S(=O)(=O)c2ccc(OC3CCCCC3)cc2)cc1. The Morgan fingerprint density at radius 2 is 0.694 bits per heavy atom. The number of benzene rings is 4. The molecule has 4 aromatic rings. The van der Waals surface area contributed by atoms with Gasteiger partial charge in [0.25, 0.3) is 0 Å². The van der Waals surface area contributed by atoms with Crippen molar-refractivity contribution in [2.24, 2.45) is 0 Å². The summed E-state index contributed by atoms with van der Waals surface area (Å²) in [5.41, 5.74) is 0. The van der Waals surface area contributed by atoms with Gasteiger partial charge in [-0.3, -0.25) is 0 Å². The van der Waals surface area contributed by atoms with Gasteiger partial charge in [-0.25, -0.2) is 16.8 Å². The Balaban J connectivity index is 1.04. The Labute approximate surface area is 290 Å². The molecule has 0 heterocycles. The van der Waals surface area contributed by atoms with E-state index in [2.05, 4.69) is 0 Å². The second-order valence-electron chi connectivity index (χ2n) is 13.3. The lowest BCUT2D eigenvalue weighted by atomic mass is 9.98. The lowest BCUT2D eigenvalue weighted by Gasteiger charge is -2.27. The van der Waals surface area contributed by atoms with Crippen LogP contribution in [0.15, 0.2) is 117 Å². The topological polar surface area (TPSA) is 105 Å². The van der Waals surface area contributed by atoms with Gasteiger partial charge in [-0.2, -0.15) is 0 Å². The van der Waals surface area contributed by atoms with Crippen molar-refractivity contribution in [2.75, 3.05) is 0 Å². The zero-order chi connectivity index (χ0) is 34.5. The van der Waals surface area contributed by atoms with Crippen LogP contribution in [0.25, 0.3) is 0 Å². The van der Waals surface area contributed by atoms with Gasteiger partial charge < -0.3 is 18.9 Å². The predicted molar refractivity (Wildman–Crippen MR) is 187 cm³/mol. The number of rotatable bonds is 12. The Hall–Kier alpha value is -4.02. The maximum Gasteiger partial charge on any atom is 0.245 e. The molecule has 2 fully saturated rings. The van der Waals surface area contributed by atoms with Crippen LogP contribution in [0.2, 0.25) is 0 Å². The van der Waals surface area contributed by atoms with E-state index in [4.69, 9.17) is 18.9 Å². The molecule has 2 saturated carbocycles. The first-order valence-electron chi connectivity index (χ1n) is 17.1. The quantitative estimate of drug-likeness (QED) is 0.135. The fraction of sp³-hybridized carbons (Fsp3) is 0.385. The van der Waals surface area contributed by atoms with Crippen LogP contribution in [0, 0.1) is 0 Å². The molecule has 0 N–H and O–H groups in total. The Morgan fingerprint density at radius 1 is 0.429 bits per heavy atom. The molecule has 0 amide bonds. The minimum Gasteiger partial charge on any atom is -0.490 e. The minimum absolute atomic E-state index is 0.141. The second-order valence-corrected chi connectivity index (χ2v) is 17.2. The summed E-state index contributed by atoms with van der Waals surface area (Å²) in [7, 11) is -7.48. The van der Waals surface area contributed by atoms with Crippen LogP contribution in [0.3, 0.4) is 0 Å². The van der Waals surface area contributed by atoms with Gasteiger partial charge in [-0.15, -0.1) is 0 Å². The van der Waals surface area contributed by atoms with Crippen LogP contribution >= 0.6 is 0 Å². The van der Waals surface area contributed by atoms with Crippen molar-refractivity contribution in [3.63, 3.8) is 0 Å². The van der Waals surface area contributed by atoms with Crippen LogP contribution in [0.1, 0.15) is 78.1 Å². The standard InChI is InChI=1S/C39H44O8S2/c1-39(2,46-33-17-25-37(26-18-33)48(40,41)35-21-13-31(14-22-35)44-29-9-5-3-6-10-29)47-34-19-27-38(28-20-34)49(42,43)36-23-15-32(16-24-36)45-30-11-7-4-8-12-30/h13-30H,3-12H2,1-2H3. The first-order valence-corrected chi connectivity index (χ1v) is 20.1. The molecule has 0 unspecified atom stereocenters. The number of hydrogen-bond donors (Lipinski definition) is 0. The van der Waals surface area contributed by atoms with E-state index in [1.165, 1.54) is 37.1 Å². The smallest absolute Gasteiger partial charge is 0.245 e. The highest BCUT2D eigenvalue weighted by Gasteiger charge is 2.25. The molecule has 8 nitrogen and oxygen atoms in total. The first-order chi connectivity index (χ1) is 23.5. The average Bonchev–Trinajstić information content (AvgIpc) is 3.10. The number of hydrogen-bond acceptors (Lipinski definition) is 8. The summed E-state index contributed by atoms with van der Waals surface area (Å²) in [6.45, 7) is 3.44. The zero-order valence-corrected chi connectivity index (χ0v) is 29.7. The zero-order valence-electron chi connectivity index (χ0n) is 28.0. The summed E-state index contributed by atoms with van der Waals surface area (Å²) in [4.78, 5) is 0.657. The largest absolute Gasteiger partial charge is 0.490 e. The fourth-order valence-corrected chi connectivity index (χ4v) is 8.90. The summed E-state index contributed by atoms with van der Waals surface area (Å²) < 4.78 is 77.3. The van der Waals surface area contributed by atoms with Crippen LogP contribution in [-0.2, 0) is 19.7 Å². The Bertz CT molecular complexity index is 1750. The van der Waals surface area contributed by atoms with Gasteiger partial charge >= 0.3 is 0 Å². The van der Waals surface area contributed by atoms with Gasteiger partial charge in [-0.1, -0.05) is 12.8 Å². The molecule has 49 heavy (non-hydrogen) atoms. The average molecular weight is 705 g/mol. The molecule has 4 aromatic carbocycles. The van der Waals surface area contributed by atoms with Crippen LogP contribution < -0.4 is 18.9 Å². The lowest BCUT2D eigenvalue weighted by Crippen LogP contribution is -2.35. The van der Waals surface area contributed by atoms with Crippen molar-refractivity contribution in [3.8, 4) is 23.0 Å². The molecule has 10 heteroatoms. The summed E-state index contributed by atoms with van der Waals surface area (Å²) >= 11 is 0. The number of sulfone groups is 2. The summed E-state index contributed by atoms with van der Waals surface area (Å²) in [6, 6.07) is 25.5. The number of ether oxygens (including phenoxy) is 4. The molecular weight excluding hydrogens is 661 g/mol. The Morgan fingerprint density at radius 3 is 0.980 bits per heavy atom. The maximum atomic E-state index is 13.3. The van der Waals surface area contributed by atoms with Crippen molar-refractivity contribution < 1.29 is 35.8 Å². The van der Waals surface area contributed by atoms with Crippen molar-refractivity contribution in [3.05, 3.63) is 97.1 Å². The van der Waals surface area contributed by atoms with Crippen molar-refractivity contribution in [1.29, 1.82) is 0 Å². The lowest BCUT2D eigenvalue weighted by molar-refractivity contribution is -0.0810. The Kier molecular flexibility index (Phi) is 10.6. The van der Waals surface area contributed by atoms with E-state index in [-0.39, 0.29) is 31.8 Å². The first kappa shape index (κ1) is 34.8. The van der Waals surface area contributed by atoms with Gasteiger partial charge in [0.2, 0.25) is 25.5 Å². The fourth-order valence-electron chi connectivity index (χ4n) is 6.38. The molecule has 0 bridgehead atoms. The third-order valence-corrected chi connectivity index (χ3v) is 12.5. The highest BCUT2D eigenvalue weighted by atomic mass is 32.2. The molecule has 260 valence electrons. The van der Waals surface area contributed by atoms with E-state index in [1.807, 2.05) is 0 Å². The van der Waals surface area contributed by atoms with Crippen molar-refractivity contribution in [1.82, 2.24) is 0 Å². The van der Waals surface area contributed by atoms with Crippen LogP contribution in [0.5, 0.6) is 23.0 Å². The highest BCUT2D eigenvalue weighted by Crippen LogP contribution is 2.31. The predicted octanol–water partition coefficient (Wildman–Crippen LogP) is 8.97. The van der Waals surface area contributed by atoms with Gasteiger partial charge in [0, 0.05) is 13.8 Å². The molecule has 0 atom stereocenters. The van der Waals surface area contributed by atoms with E-state index in [0.29, 0.717) is 23.0 Å². The third-order valence-electron chi connectivity index (χ3n) is 8.97. The molecule has 0 spiro atoms. The summed E-state index contributed by atoms with van der Waals surface area (Å²) in [5, 5.41) is 0. The monoisotopic (exact) mass is 704 g/mol. The second kappa shape index (κ2) is 14.8. The molecular formula is C39H44O8S2. The molecule has 6 rings (SSSR count).